The third-order valence-corrected chi connectivity index (χ3v) is 2.91. The largest absolute Gasteiger partial charge is 0.380 e. The second-order valence-electron chi connectivity index (χ2n) is 3.60. The Labute approximate surface area is 97.3 Å². The Morgan fingerprint density at radius 1 is 1.50 bits per heavy atom. The number of hydrogen-bond acceptors (Lipinski definition) is 3. The van der Waals surface area contributed by atoms with Crippen LogP contribution >= 0.6 is 11.6 Å². The first kappa shape index (κ1) is 11.2. The topological polar surface area (TPSA) is 46.0 Å². The highest BCUT2D eigenvalue weighted by Gasteiger charge is 2.40. The van der Waals surface area contributed by atoms with Crippen molar-refractivity contribution in [3.05, 3.63) is 47.5 Å². The van der Waals surface area contributed by atoms with Gasteiger partial charge in [0.1, 0.15) is 5.60 Å². The zero-order valence-corrected chi connectivity index (χ0v) is 9.10. The monoisotopic (exact) mass is 240 g/mol. The third-order valence-electron chi connectivity index (χ3n) is 2.46. The van der Waals surface area contributed by atoms with Gasteiger partial charge in [0.05, 0.1) is 10.7 Å². The van der Waals surface area contributed by atoms with Gasteiger partial charge in [0.15, 0.2) is 6.17 Å². The fraction of sp³-hybridized carbons (Fsp3) is 0.273. The van der Waals surface area contributed by atoms with E-state index in [0.29, 0.717) is 5.69 Å². The molecule has 2 unspecified atom stereocenters. The summed E-state index contributed by atoms with van der Waals surface area (Å²) >= 11 is 5.84. The second-order valence-corrected chi connectivity index (χ2v) is 4.01. The van der Waals surface area contributed by atoms with Gasteiger partial charge in [-0.25, -0.2) is 4.39 Å². The predicted molar refractivity (Wildman–Crippen MR) is 58.7 cm³/mol. The SMILES string of the molecule is OC1(Cc2cnccn2)C(Cl)=CC=CC1F. The minimum Gasteiger partial charge on any atom is -0.380 e. The van der Waals surface area contributed by atoms with E-state index in [0.717, 1.165) is 0 Å². The van der Waals surface area contributed by atoms with Crippen LogP contribution in [-0.4, -0.2) is 26.8 Å². The molecule has 3 nitrogen and oxygen atoms in total. The van der Waals surface area contributed by atoms with E-state index in [9.17, 15) is 9.50 Å². The molecule has 0 fully saturated rings. The Morgan fingerprint density at radius 2 is 2.31 bits per heavy atom. The van der Waals surface area contributed by atoms with Crippen LogP contribution in [0.3, 0.4) is 0 Å². The molecular formula is C11H10ClFN2O. The first-order valence-electron chi connectivity index (χ1n) is 4.79. The van der Waals surface area contributed by atoms with Crippen LogP contribution in [-0.2, 0) is 6.42 Å². The van der Waals surface area contributed by atoms with Gasteiger partial charge in [0.2, 0.25) is 0 Å². The number of aliphatic hydroxyl groups is 1. The van der Waals surface area contributed by atoms with Crippen LogP contribution in [0.2, 0.25) is 0 Å². The van der Waals surface area contributed by atoms with Crippen LogP contribution in [0, 0.1) is 0 Å². The van der Waals surface area contributed by atoms with Crippen molar-refractivity contribution in [3.63, 3.8) is 0 Å². The number of halogens is 2. The molecule has 84 valence electrons. The molecule has 1 heterocycles. The molecule has 5 heteroatoms. The van der Waals surface area contributed by atoms with Crippen molar-refractivity contribution in [1.29, 1.82) is 0 Å². The van der Waals surface area contributed by atoms with Crippen LogP contribution in [0.15, 0.2) is 41.9 Å². The summed E-state index contributed by atoms with van der Waals surface area (Å²) in [5.74, 6) is 0. The average molecular weight is 241 g/mol. The van der Waals surface area contributed by atoms with Gasteiger partial charge in [-0.05, 0) is 12.2 Å². The van der Waals surface area contributed by atoms with Crippen molar-refractivity contribution in [1.82, 2.24) is 9.97 Å². The third kappa shape index (κ3) is 1.99. The quantitative estimate of drug-likeness (QED) is 0.857. The summed E-state index contributed by atoms with van der Waals surface area (Å²) in [7, 11) is 0. The predicted octanol–water partition coefficient (Wildman–Crippen LogP) is 1.78. The highest BCUT2D eigenvalue weighted by Crippen LogP contribution is 2.33. The van der Waals surface area contributed by atoms with Crippen LogP contribution in [0.4, 0.5) is 4.39 Å². The lowest BCUT2D eigenvalue weighted by Gasteiger charge is -2.31. The smallest absolute Gasteiger partial charge is 0.153 e. The van der Waals surface area contributed by atoms with Gasteiger partial charge in [-0.3, -0.25) is 9.97 Å². The van der Waals surface area contributed by atoms with Crippen molar-refractivity contribution in [2.75, 3.05) is 0 Å². The van der Waals surface area contributed by atoms with E-state index < -0.39 is 11.8 Å². The highest BCUT2D eigenvalue weighted by molar-refractivity contribution is 6.31. The summed E-state index contributed by atoms with van der Waals surface area (Å²) in [6.45, 7) is 0. The molecule has 1 aromatic heterocycles. The van der Waals surface area contributed by atoms with Crippen molar-refractivity contribution < 1.29 is 9.50 Å². The van der Waals surface area contributed by atoms with Gasteiger partial charge in [-0.15, -0.1) is 0 Å². The lowest BCUT2D eigenvalue weighted by molar-refractivity contribution is 0.0222. The summed E-state index contributed by atoms with van der Waals surface area (Å²) in [5, 5.41) is 10.2. The maximum atomic E-state index is 13.7. The van der Waals surface area contributed by atoms with Crippen molar-refractivity contribution in [2.45, 2.75) is 18.2 Å². The lowest BCUT2D eigenvalue weighted by Crippen LogP contribution is -2.43. The van der Waals surface area contributed by atoms with Crippen molar-refractivity contribution in [3.8, 4) is 0 Å². The molecule has 0 saturated heterocycles. The molecule has 0 radical (unpaired) electrons. The van der Waals surface area contributed by atoms with Gasteiger partial charge in [0.25, 0.3) is 0 Å². The Hall–Kier alpha value is -1.26. The van der Waals surface area contributed by atoms with Gasteiger partial charge in [0, 0.05) is 25.0 Å². The summed E-state index contributed by atoms with van der Waals surface area (Å²) in [5.41, 5.74) is -1.23. The van der Waals surface area contributed by atoms with Gasteiger partial charge in [-0.1, -0.05) is 17.7 Å². The molecule has 2 rings (SSSR count). The molecule has 16 heavy (non-hydrogen) atoms. The Morgan fingerprint density at radius 3 is 2.94 bits per heavy atom. The standard InChI is InChI=1S/C11H10ClFN2O/c12-9-2-1-3-10(13)11(9,16)6-8-7-14-4-5-15-8/h1-5,7,10,16H,6H2. The van der Waals surface area contributed by atoms with Crippen molar-refractivity contribution >= 4 is 11.6 Å². The van der Waals surface area contributed by atoms with E-state index >= 15 is 0 Å². The van der Waals surface area contributed by atoms with Crippen LogP contribution in [0.5, 0.6) is 0 Å². The molecular weight excluding hydrogens is 231 g/mol. The molecule has 2 atom stereocenters. The van der Waals surface area contributed by atoms with Crippen LogP contribution in [0.25, 0.3) is 0 Å². The second kappa shape index (κ2) is 4.31. The maximum Gasteiger partial charge on any atom is 0.153 e. The Balaban J connectivity index is 2.26. The molecule has 1 N–H and O–H groups in total. The zero-order chi connectivity index (χ0) is 11.6. The fourth-order valence-electron chi connectivity index (χ4n) is 1.55. The molecule has 0 saturated carbocycles. The summed E-state index contributed by atoms with van der Waals surface area (Å²) in [4.78, 5) is 7.84. The first-order valence-corrected chi connectivity index (χ1v) is 5.16. The number of hydrogen-bond donors (Lipinski definition) is 1. The highest BCUT2D eigenvalue weighted by atomic mass is 35.5. The van der Waals surface area contributed by atoms with E-state index in [1.165, 1.54) is 36.8 Å². The summed E-state index contributed by atoms with van der Waals surface area (Å²) in [6.07, 6.45) is 7.18. The first-order chi connectivity index (χ1) is 7.63. The van der Waals surface area contributed by atoms with Gasteiger partial charge in [-0.2, -0.15) is 0 Å². The molecule has 0 spiro atoms. The van der Waals surface area contributed by atoms with Crippen LogP contribution in [0.1, 0.15) is 5.69 Å². The number of alkyl halides is 1. The van der Waals surface area contributed by atoms with E-state index in [1.54, 1.807) is 0 Å². The molecule has 1 aliphatic carbocycles. The maximum absolute atomic E-state index is 13.7. The molecule has 0 aliphatic heterocycles. The molecule has 1 aliphatic rings. The Bertz CT molecular complexity index is 435. The minimum absolute atomic E-state index is 0.00167. The van der Waals surface area contributed by atoms with Gasteiger partial charge >= 0.3 is 0 Å². The zero-order valence-electron chi connectivity index (χ0n) is 8.35. The average Bonchev–Trinajstić information content (AvgIpc) is 2.28. The summed E-state index contributed by atoms with van der Waals surface area (Å²) in [6, 6.07) is 0. The van der Waals surface area contributed by atoms with E-state index in [-0.39, 0.29) is 11.5 Å². The molecule has 0 bridgehead atoms. The molecule has 1 aromatic rings. The number of aromatic nitrogens is 2. The van der Waals surface area contributed by atoms with E-state index in [2.05, 4.69) is 9.97 Å². The van der Waals surface area contributed by atoms with E-state index in [1.807, 2.05) is 0 Å². The molecule has 0 amide bonds. The van der Waals surface area contributed by atoms with Gasteiger partial charge < -0.3 is 5.11 Å². The van der Waals surface area contributed by atoms with E-state index in [4.69, 9.17) is 11.6 Å². The number of rotatable bonds is 2. The van der Waals surface area contributed by atoms with Crippen LogP contribution < -0.4 is 0 Å². The molecule has 0 aromatic carbocycles. The number of allylic oxidation sites excluding steroid dienone is 2. The normalized spacial score (nSPS) is 28.9. The minimum atomic E-state index is -1.73. The number of nitrogens with zero attached hydrogens (tertiary/aromatic N) is 2. The lowest BCUT2D eigenvalue weighted by atomic mass is 9.88. The fourth-order valence-corrected chi connectivity index (χ4v) is 1.80. The Kier molecular flexibility index (Phi) is 3.03. The van der Waals surface area contributed by atoms with Crippen molar-refractivity contribution in [2.24, 2.45) is 0 Å². The summed E-state index contributed by atoms with van der Waals surface area (Å²) < 4.78 is 13.7.